The van der Waals surface area contributed by atoms with Crippen LogP contribution in [0, 0.1) is 11.7 Å². The average molecular weight is 418 g/mol. The molecule has 1 aromatic carbocycles. The molecule has 5 nitrogen and oxygen atoms in total. The number of ether oxygens (including phenoxy) is 1. The minimum Gasteiger partial charge on any atom is -0.493 e. The average Bonchev–Trinajstić information content (AvgIpc) is 3.43. The molecule has 148 valence electrons. The fourth-order valence-electron chi connectivity index (χ4n) is 3.07. The Morgan fingerprint density at radius 2 is 2.11 bits per heavy atom. The Bertz CT molecular complexity index is 862. The third-order valence-electron chi connectivity index (χ3n) is 4.75. The van der Waals surface area contributed by atoms with E-state index in [0.29, 0.717) is 36.4 Å². The Balaban J connectivity index is 0.00000210. The highest BCUT2D eigenvalue weighted by Gasteiger charge is 2.25. The highest BCUT2D eigenvalue weighted by molar-refractivity contribution is 7.99. The van der Waals surface area contributed by atoms with Crippen molar-refractivity contribution in [1.29, 1.82) is 0 Å². The van der Waals surface area contributed by atoms with Crippen LogP contribution in [0.3, 0.4) is 0 Å². The zero-order valence-electron chi connectivity index (χ0n) is 14.7. The first-order chi connectivity index (χ1) is 12.6. The highest BCUT2D eigenvalue weighted by atomic mass is 35.5. The van der Waals surface area contributed by atoms with Crippen LogP contribution >= 0.6 is 24.2 Å². The van der Waals surface area contributed by atoms with Crippen LogP contribution in [0.1, 0.15) is 25.1 Å². The maximum atomic E-state index is 14.3. The van der Waals surface area contributed by atoms with E-state index < -0.39 is 17.5 Å². The summed E-state index contributed by atoms with van der Waals surface area (Å²) >= 11 is 1.43. The van der Waals surface area contributed by atoms with Crippen LogP contribution in [0.25, 0.3) is 10.9 Å². The minimum absolute atomic E-state index is 0. The lowest BCUT2D eigenvalue weighted by Crippen LogP contribution is -2.39. The van der Waals surface area contributed by atoms with Crippen molar-refractivity contribution in [2.45, 2.75) is 36.4 Å². The third-order valence-corrected chi connectivity index (χ3v) is 6.15. The highest BCUT2D eigenvalue weighted by Crippen LogP contribution is 2.30. The molecule has 1 aliphatic carbocycles. The molecular weight excluding hydrogens is 396 g/mol. The Morgan fingerprint density at radius 3 is 2.85 bits per heavy atom. The molecule has 0 amide bonds. The van der Waals surface area contributed by atoms with Gasteiger partial charge in [-0.15, -0.1) is 24.2 Å². The molecule has 27 heavy (non-hydrogen) atoms. The van der Waals surface area contributed by atoms with E-state index in [1.54, 1.807) is 6.07 Å². The van der Waals surface area contributed by atoms with Crippen molar-refractivity contribution >= 4 is 35.1 Å². The van der Waals surface area contributed by atoms with Gasteiger partial charge >= 0.3 is 0 Å². The standard InChI is InChI=1S/C18H21F2N3O2S.ClH/c19-12-5-11(25-8-10-1-2-10)6-14-17(12)18(24)23-16(22-14)9-26-15-3-4-21-7-13(15)20;/h5-6,10,13,15,21H,1-4,7-9H2,(H,22,23,24);1H/t13-,15+;/m0./s1. The van der Waals surface area contributed by atoms with Crippen LogP contribution in [0.2, 0.25) is 0 Å². The number of nitrogens with zero attached hydrogens (tertiary/aromatic N) is 1. The van der Waals surface area contributed by atoms with Crippen LogP contribution in [-0.2, 0) is 5.75 Å². The van der Waals surface area contributed by atoms with E-state index in [9.17, 15) is 13.6 Å². The number of H-pyrrole nitrogens is 1. The van der Waals surface area contributed by atoms with Gasteiger partial charge in [0.15, 0.2) is 0 Å². The molecule has 0 bridgehead atoms. The number of piperidine rings is 1. The first-order valence-electron chi connectivity index (χ1n) is 8.92. The smallest absolute Gasteiger partial charge is 0.261 e. The molecule has 2 aliphatic rings. The molecule has 0 unspecified atom stereocenters. The van der Waals surface area contributed by atoms with Crippen LogP contribution in [0.15, 0.2) is 16.9 Å². The molecular formula is C18H22ClF2N3O2S. The van der Waals surface area contributed by atoms with Crippen molar-refractivity contribution in [2.75, 3.05) is 19.7 Å². The molecule has 1 saturated carbocycles. The second kappa shape index (κ2) is 8.75. The van der Waals surface area contributed by atoms with Crippen LogP contribution < -0.4 is 15.6 Å². The maximum absolute atomic E-state index is 14.3. The Hall–Kier alpha value is -1.38. The molecule has 1 aliphatic heterocycles. The van der Waals surface area contributed by atoms with Crippen LogP contribution in [0.4, 0.5) is 8.78 Å². The summed E-state index contributed by atoms with van der Waals surface area (Å²) in [5.74, 6) is 1.11. The van der Waals surface area contributed by atoms with E-state index in [1.165, 1.54) is 17.8 Å². The van der Waals surface area contributed by atoms with Gasteiger partial charge in [-0.05, 0) is 31.7 Å². The molecule has 0 radical (unpaired) electrons. The number of fused-ring (bicyclic) bond motifs is 1. The van der Waals surface area contributed by atoms with Crippen molar-refractivity contribution in [1.82, 2.24) is 15.3 Å². The van der Waals surface area contributed by atoms with Gasteiger partial charge in [-0.3, -0.25) is 4.79 Å². The van der Waals surface area contributed by atoms with Gasteiger partial charge in [0.25, 0.3) is 5.56 Å². The number of benzene rings is 1. The quantitative estimate of drug-likeness (QED) is 0.755. The van der Waals surface area contributed by atoms with Crippen molar-refractivity contribution in [3.05, 3.63) is 34.1 Å². The van der Waals surface area contributed by atoms with Gasteiger partial charge in [-0.1, -0.05) is 0 Å². The van der Waals surface area contributed by atoms with Gasteiger partial charge in [0.1, 0.15) is 28.9 Å². The first-order valence-corrected chi connectivity index (χ1v) is 9.96. The summed E-state index contributed by atoms with van der Waals surface area (Å²) < 4.78 is 33.8. The zero-order valence-corrected chi connectivity index (χ0v) is 16.3. The first kappa shape index (κ1) is 20.4. The summed E-state index contributed by atoms with van der Waals surface area (Å²) in [6.07, 6.45) is 2.10. The topological polar surface area (TPSA) is 67.0 Å². The molecule has 4 rings (SSSR count). The van der Waals surface area contributed by atoms with Crippen LogP contribution in [-0.4, -0.2) is 41.1 Å². The van der Waals surface area contributed by atoms with Gasteiger partial charge in [-0.2, -0.15) is 0 Å². The van der Waals surface area contributed by atoms with E-state index in [4.69, 9.17) is 4.74 Å². The van der Waals surface area contributed by atoms with Gasteiger partial charge in [0, 0.05) is 23.9 Å². The van der Waals surface area contributed by atoms with Gasteiger partial charge in [0.05, 0.1) is 17.9 Å². The second-order valence-electron chi connectivity index (χ2n) is 6.92. The molecule has 1 aromatic heterocycles. The molecule has 2 N–H and O–H groups in total. The number of alkyl halides is 1. The predicted molar refractivity (Wildman–Crippen MR) is 105 cm³/mol. The molecule has 1 saturated heterocycles. The molecule has 9 heteroatoms. The molecule has 0 spiro atoms. The zero-order chi connectivity index (χ0) is 18.1. The Morgan fingerprint density at radius 1 is 1.30 bits per heavy atom. The maximum Gasteiger partial charge on any atom is 0.261 e. The van der Waals surface area contributed by atoms with E-state index >= 15 is 0 Å². The van der Waals surface area contributed by atoms with Crippen molar-refractivity contribution in [3.8, 4) is 5.75 Å². The van der Waals surface area contributed by atoms with E-state index in [0.717, 1.165) is 25.8 Å². The largest absolute Gasteiger partial charge is 0.493 e. The minimum atomic E-state index is -0.916. The number of rotatable bonds is 6. The lowest BCUT2D eigenvalue weighted by Gasteiger charge is -2.25. The predicted octanol–water partition coefficient (Wildman–Crippen LogP) is 3.21. The molecule has 2 atom stereocenters. The molecule has 2 heterocycles. The van der Waals surface area contributed by atoms with E-state index in [2.05, 4.69) is 15.3 Å². The normalized spacial score (nSPS) is 22.4. The van der Waals surface area contributed by atoms with Crippen LogP contribution in [0.5, 0.6) is 5.75 Å². The van der Waals surface area contributed by atoms with Crippen molar-refractivity contribution in [2.24, 2.45) is 5.92 Å². The second-order valence-corrected chi connectivity index (χ2v) is 8.15. The lowest BCUT2D eigenvalue weighted by atomic mass is 10.1. The number of hydrogen-bond acceptors (Lipinski definition) is 5. The monoisotopic (exact) mass is 417 g/mol. The molecule has 2 aromatic rings. The fourth-order valence-corrected chi connectivity index (χ4v) is 4.17. The summed E-state index contributed by atoms with van der Waals surface area (Å²) in [6, 6.07) is 2.84. The van der Waals surface area contributed by atoms with Crippen molar-refractivity contribution < 1.29 is 13.5 Å². The number of hydrogen-bond donors (Lipinski definition) is 2. The third kappa shape index (κ3) is 4.92. The number of aromatic amines is 1. The summed E-state index contributed by atoms with van der Waals surface area (Å²) in [7, 11) is 0. The van der Waals surface area contributed by atoms with E-state index in [-0.39, 0.29) is 28.6 Å². The lowest BCUT2D eigenvalue weighted by molar-refractivity contribution is 0.275. The fraction of sp³-hybridized carbons (Fsp3) is 0.556. The summed E-state index contributed by atoms with van der Waals surface area (Å²) in [5.41, 5.74) is -0.240. The molecule has 2 fully saturated rings. The van der Waals surface area contributed by atoms with Gasteiger partial charge < -0.3 is 15.0 Å². The number of aromatic nitrogens is 2. The van der Waals surface area contributed by atoms with Gasteiger partial charge in [0.2, 0.25) is 0 Å². The van der Waals surface area contributed by atoms with E-state index in [1.807, 2.05) is 0 Å². The van der Waals surface area contributed by atoms with Gasteiger partial charge in [-0.25, -0.2) is 13.8 Å². The number of halogens is 3. The number of thioether (sulfide) groups is 1. The summed E-state index contributed by atoms with van der Waals surface area (Å²) in [5, 5.41) is 2.83. The number of nitrogens with one attached hydrogen (secondary N) is 2. The van der Waals surface area contributed by atoms with Crippen molar-refractivity contribution in [3.63, 3.8) is 0 Å². The summed E-state index contributed by atoms with van der Waals surface area (Å²) in [6.45, 7) is 1.70. The SMILES string of the molecule is Cl.O=c1[nH]c(CS[C@@H]2CCNC[C@@H]2F)nc2cc(OCC3CC3)cc(F)c12. The Labute approximate surface area is 166 Å². The summed E-state index contributed by atoms with van der Waals surface area (Å²) in [4.78, 5) is 19.2. The Kier molecular flexibility index (Phi) is 6.60.